The number of nitrogens with zero attached hydrogens (tertiary/aromatic N) is 2. The van der Waals surface area contributed by atoms with Crippen molar-refractivity contribution in [3.05, 3.63) is 0 Å². The Morgan fingerprint density at radius 1 is 1.30 bits per heavy atom. The molecule has 0 radical (unpaired) electrons. The molecule has 20 heavy (non-hydrogen) atoms. The van der Waals surface area contributed by atoms with Crippen LogP contribution in [-0.2, 0) is 9.59 Å². The smallest absolute Gasteiger partial charge is 0.246 e. The summed E-state index contributed by atoms with van der Waals surface area (Å²) < 4.78 is 0. The van der Waals surface area contributed by atoms with Gasteiger partial charge >= 0.3 is 0 Å². The lowest BCUT2D eigenvalue weighted by Gasteiger charge is -2.30. The second-order valence-corrected chi connectivity index (χ2v) is 5.68. The molecule has 0 aromatic heterocycles. The van der Waals surface area contributed by atoms with E-state index in [1.54, 1.807) is 0 Å². The molecule has 0 unspecified atom stereocenters. The molecule has 2 fully saturated rings. The molecule has 1 saturated carbocycles. The zero-order chi connectivity index (χ0) is 14.5. The van der Waals surface area contributed by atoms with Crippen molar-refractivity contribution < 1.29 is 9.59 Å². The molecule has 1 aliphatic carbocycles. The highest BCUT2D eigenvalue weighted by molar-refractivity contribution is 7.80. The Bertz CT molecular complexity index is 428. The first-order valence-electron chi connectivity index (χ1n) is 7.33. The molecule has 1 aliphatic heterocycles. The van der Waals surface area contributed by atoms with Gasteiger partial charge in [0.25, 0.3) is 0 Å². The third-order valence-corrected chi connectivity index (χ3v) is 4.20. The van der Waals surface area contributed by atoms with Crippen molar-refractivity contribution >= 4 is 35.4 Å². The molecule has 1 atom stereocenters. The summed E-state index contributed by atoms with van der Waals surface area (Å²) in [5.41, 5.74) is 0. The second-order valence-electron chi connectivity index (χ2n) is 5.30. The molecule has 0 aromatic rings. The van der Waals surface area contributed by atoms with Crippen LogP contribution in [0.25, 0.3) is 0 Å². The standard InChI is InChI=1S/C14H21N3O2S/c1-2-17-13(19)11(12(18)16-14(17)20)9-15-10-7-5-3-4-6-8-10/h9-11H,2-8H2,1H3,(H,16,18,20)/t11-/m0/s1. The van der Waals surface area contributed by atoms with Crippen LogP contribution in [0.3, 0.4) is 0 Å². The number of aliphatic imine (C=N–C) groups is 1. The minimum absolute atomic E-state index is 0.196. The molecule has 1 heterocycles. The van der Waals surface area contributed by atoms with E-state index in [1.165, 1.54) is 36.8 Å². The Morgan fingerprint density at radius 3 is 2.55 bits per heavy atom. The summed E-state index contributed by atoms with van der Waals surface area (Å²) in [4.78, 5) is 30.0. The van der Waals surface area contributed by atoms with Gasteiger partial charge in [-0.2, -0.15) is 0 Å². The zero-order valence-electron chi connectivity index (χ0n) is 11.8. The van der Waals surface area contributed by atoms with Gasteiger partial charge in [-0.25, -0.2) is 0 Å². The quantitative estimate of drug-likeness (QED) is 0.373. The highest BCUT2D eigenvalue weighted by Crippen LogP contribution is 2.20. The van der Waals surface area contributed by atoms with Crippen LogP contribution in [0, 0.1) is 5.92 Å². The summed E-state index contributed by atoms with van der Waals surface area (Å²) in [6.07, 6.45) is 8.50. The minimum Gasteiger partial charge on any atom is -0.302 e. The first-order chi connectivity index (χ1) is 9.63. The van der Waals surface area contributed by atoms with Crippen LogP contribution in [0.5, 0.6) is 0 Å². The number of thiocarbonyl (C=S) groups is 1. The van der Waals surface area contributed by atoms with Crippen LogP contribution in [-0.4, -0.2) is 40.6 Å². The van der Waals surface area contributed by atoms with E-state index in [4.69, 9.17) is 12.2 Å². The topological polar surface area (TPSA) is 61.8 Å². The molecule has 2 amide bonds. The van der Waals surface area contributed by atoms with Crippen molar-refractivity contribution in [3.8, 4) is 0 Å². The van der Waals surface area contributed by atoms with Crippen LogP contribution in [0.2, 0.25) is 0 Å². The van der Waals surface area contributed by atoms with Gasteiger partial charge in [-0.15, -0.1) is 0 Å². The summed E-state index contributed by atoms with van der Waals surface area (Å²) >= 11 is 4.99. The Balaban J connectivity index is 2.04. The fourth-order valence-electron chi connectivity index (χ4n) is 2.68. The van der Waals surface area contributed by atoms with E-state index in [1.807, 2.05) is 6.92 Å². The van der Waals surface area contributed by atoms with Crippen LogP contribution >= 0.6 is 12.2 Å². The number of rotatable bonds is 3. The Kier molecular flexibility index (Phi) is 5.23. The SMILES string of the molecule is CCN1C(=O)[C@@H](C=NC2CCCCCC2)C(=O)NC1=S. The first kappa shape index (κ1) is 15.1. The van der Waals surface area contributed by atoms with Crippen molar-refractivity contribution in [2.45, 2.75) is 51.5 Å². The molecule has 5 nitrogen and oxygen atoms in total. The van der Waals surface area contributed by atoms with Gasteiger partial charge in [0.2, 0.25) is 11.8 Å². The molecule has 0 spiro atoms. The highest BCUT2D eigenvalue weighted by Gasteiger charge is 2.36. The molecule has 0 bridgehead atoms. The van der Waals surface area contributed by atoms with Gasteiger partial charge in [-0.05, 0) is 32.0 Å². The third-order valence-electron chi connectivity index (χ3n) is 3.88. The molecule has 1 N–H and O–H groups in total. The average molecular weight is 295 g/mol. The lowest BCUT2D eigenvalue weighted by Crippen LogP contribution is -2.58. The van der Waals surface area contributed by atoms with Gasteiger partial charge in [0.05, 0.1) is 0 Å². The van der Waals surface area contributed by atoms with E-state index in [0.29, 0.717) is 6.54 Å². The maximum Gasteiger partial charge on any atom is 0.246 e. The third kappa shape index (κ3) is 3.42. The molecular formula is C14H21N3O2S. The van der Waals surface area contributed by atoms with Crippen LogP contribution in [0.15, 0.2) is 4.99 Å². The normalized spacial score (nSPS) is 25.9. The predicted octanol–water partition coefficient (Wildman–Crippen LogP) is 1.66. The summed E-state index contributed by atoms with van der Waals surface area (Å²) in [5, 5.41) is 2.76. The molecule has 2 rings (SSSR count). The first-order valence-corrected chi connectivity index (χ1v) is 7.73. The molecular weight excluding hydrogens is 274 g/mol. The number of nitrogens with one attached hydrogen (secondary N) is 1. The van der Waals surface area contributed by atoms with Crippen LogP contribution in [0.1, 0.15) is 45.4 Å². The number of carbonyl (C=O) groups is 2. The second kappa shape index (κ2) is 6.92. The Hall–Kier alpha value is -1.30. The molecule has 0 aromatic carbocycles. The van der Waals surface area contributed by atoms with Crippen molar-refractivity contribution in [2.75, 3.05) is 6.54 Å². The van der Waals surface area contributed by atoms with Crippen molar-refractivity contribution in [1.29, 1.82) is 0 Å². The Morgan fingerprint density at radius 2 is 1.95 bits per heavy atom. The van der Waals surface area contributed by atoms with E-state index in [-0.39, 0.29) is 23.0 Å². The molecule has 2 aliphatic rings. The van der Waals surface area contributed by atoms with Crippen molar-refractivity contribution in [3.63, 3.8) is 0 Å². The maximum absolute atomic E-state index is 12.2. The van der Waals surface area contributed by atoms with E-state index < -0.39 is 5.92 Å². The lowest BCUT2D eigenvalue weighted by molar-refractivity contribution is -0.137. The zero-order valence-corrected chi connectivity index (χ0v) is 12.6. The van der Waals surface area contributed by atoms with Gasteiger partial charge in [-0.1, -0.05) is 25.7 Å². The van der Waals surface area contributed by atoms with E-state index >= 15 is 0 Å². The van der Waals surface area contributed by atoms with Gasteiger partial charge in [0.15, 0.2) is 11.0 Å². The minimum atomic E-state index is -0.829. The van der Waals surface area contributed by atoms with Gasteiger partial charge in [0, 0.05) is 18.8 Å². The fourth-order valence-corrected chi connectivity index (χ4v) is 3.00. The molecule has 1 saturated heterocycles. The average Bonchev–Trinajstić information content (AvgIpc) is 2.67. The summed E-state index contributed by atoms with van der Waals surface area (Å²) in [6, 6.07) is 0.252. The van der Waals surface area contributed by atoms with Gasteiger partial charge in [-0.3, -0.25) is 19.5 Å². The van der Waals surface area contributed by atoms with Gasteiger partial charge < -0.3 is 5.32 Å². The van der Waals surface area contributed by atoms with Gasteiger partial charge in [0.1, 0.15) is 0 Å². The van der Waals surface area contributed by atoms with Crippen LogP contribution < -0.4 is 5.32 Å². The summed E-state index contributed by atoms with van der Waals surface area (Å²) in [5.74, 6) is -1.45. The number of hydrogen-bond donors (Lipinski definition) is 1. The summed E-state index contributed by atoms with van der Waals surface area (Å²) in [7, 11) is 0. The fraction of sp³-hybridized carbons (Fsp3) is 0.714. The largest absolute Gasteiger partial charge is 0.302 e. The predicted molar refractivity (Wildman–Crippen MR) is 81.6 cm³/mol. The molecule has 110 valence electrons. The highest BCUT2D eigenvalue weighted by atomic mass is 32.1. The van der Waals surface area contributed by atoms with E-state index in [9.17, 15) is 9.59 Å². The number of amides is 2. The van der Waals surface area contributed by atoms with Crippen molar-refractivity contribution in [2.24, 2.45) is 10.9 Å². The van der Waals surface area contributed by atoms with Crippen LogP contribution in [0.4, 0.5) is 0 Å². The molecule has 6 heteroatoms. The maximum atomic E-state index is 12.2. The number of carbonyl (C=O) groups excluding carboxylic acids is 2. The number of hydrogen-bond acceptors (Lipinski definition) is 4. The monoisotopic (exact) mass is 295 g/mol. The Labute approximate surface area is 124 Å². The van der Waals surface area contributed by atoms with E-state index in [2.05, 4.69) is 10.3 Å². The lowest BCUT2D eigenvalue weighted by atomic mass is 10.1. The summed E-state index contributed by atoms with van der Waals surface area (Å²) in [6.45, 7) is 2.30. The van der Waals surface area contributed by atoms with Crippen molar-refractivity contribution in [1.82, 2.24) is 10.2 Å². The van der Waals surface area contributed by atoms with E-state index in [0.717, 1.165) is 12.8 Å².